The molecule has 264 valence electrons. The maximum Gasteiger partial charge on any atom is 0.306 e. The van der Waals surface area contributed by atoms with Crippen molar-refractivity contribution in [3.05, 3.63) is 57.6 Å². The largest absolute Gasteiger partial charge is 0.507 e. The Morgan fingerprint density at radius 1 is 0.574 bits per heavy atom. The van der Waals surface area contributed by atoms with Crippen molar-refractivity contribution < 1.29 is 29.3 Å². The Hall–Kier alpha value is -3.02. The zero-order valence-electron chi connectivity index (χ0n) is 32.2. The van der Waals surface area contributed by atoms with Gasteiger partial charge in [-0.1, -0.05) is 128 Å². The third-order valence-corrected chi connectivity index (χ3v) is 8.38. The van der Waals surface area contributed by atoms with E-state index in [1.807, 2.05) is 24.3 Å². The summed E-state index contributed by atoms with van der Waals surface area (Å²) in [7, 11) is 0. The standard InChI is InChI=1S/C41H64O6/c1-37(2,3)24-28(47-34(43)19-17-27-22-31(40(10,11)12)36(45)32(23-27)41(13,14)15)25-46-33(42)18-16-26-20-29(38(4,5)6)35(44)30(21-26)39(7,8)9/h20-23,28,44-45H,16-19,24-25H2,1-15H3. The highest BCUT2D eigenvalue weighted by Crippen LogP contribution is 2.41. The second-order valence-electron chi connectivity index (χ2n) is 18.6. The molecule has 0 saturated carbocycles. The van der Waals surface area contributed by atoms with Crippen LogP contribution in [0.4, 0.5) is 0 Å². The van der Waals surface area contributed by atoms with Crippen molar-refractivity contribution in [1.29, 1.82) is 0 Å². The van der Waals surface area contributed by atoms with Crippen LogP contribution in [-0.2, 0) is 53.6 Å². The fraction of sp³-hybridized carbons (Fsp3) is 0.659. The molecule has 0 aliphatic carbocycles. The lowest BCUT2D eigenvalue weighted by atomic mass is 9.78. The van der Waals surface area contributed by atoms with Crippen LogP contribution in [0.5, 0.6) is 11.5 Å². The molecule has 0 bridgehead atoms. The Balaban J connectivity index is 2.13. The lowest BCUT2D eigenvalue weighted by Gasteiger charge is -2.28. The number of phenolic OH excluding ortho intramolecular Hbond substituents is 2. The van der Waals surface area contributed by atoms with E-state index in [0.717, 1.165) is 33.4 Å². The lowest BCUT2D eigenvalue weighted by molar-refractivity contribution is -0.160. The average Bonchev–Trinajstić information content (AvgIpc) is 2.87. The molecule has 6 nitrogen and oxygen atoms in total. The lowest BCUT2D eigenvalue weighted by Crippen LogP contribution is -2.29. The summed E-state index contributed by atoms with van der Waals surface area (Å²) >= 11 is 0. The third-order valence-electron chi connectivity index (χ3n) is 8.38. The Labute approximate surface area is 285 Å². The number of aryl methyl sites for hydroxylation is 2. The number of esters is 2. The van der Waals surface area contributed by atoms with Crippen LogP contribution in [0.25, 0.3) is 0 Å². The number of benzene rings is 2. The first-order valence-corrected chi connectivity index (χ1v) is 17.2. The molecule has 0 fully saturated rings. The van der Waals surface area contributed by atoms with Gasteiger partial charge in [-0.25, -0.2) is 0 Å². The van der Waals surface area contributed by atoms with Gasteiger partial charge in [0.1, 0.15) is 24.2 Å². The first kappa shape index (κ1) is 40.2. The summed E-state index contributed by atoms with van der Waals surface area (Å²) in [6.07, 6.45) is 1.31. The van der Waals surface area contributed by atoms with Gasteiger partial charge in [-0.2, -0.15) is 0 Å². The van der Waals surface area contributed by atoms with Crippen LogP contribution in [-0.4, -0.2) is 34.9 Å². The highest BCUT2D eigenvalue weighted by molar-refractivity contribution is 5.71. The summed E-state index contributed by atoms with van der Waals surface area (Å²) in [5.41, 5.74) is 4.25. The van der Waals surface area contributed by atoms with Gasteiger partial charge in [0.2, 0.25) is 0 Å². The number of carbonyl (C=O) groups is 2. The molecular weight excluding hydrogens is 588 g/mol. The van der Waals surface area contributed by atoms with E-state index in [2.05, 4.69) is 104 Å². The molecule has 1 atom stereocenters. The highest BCUT2D eigenvalue weighted by Gasteiger charge is 2.29. The van der Waals surface area contributed by atoms with Gasteiger partial charge >= 0.3 is 11.9 Å². The number of hydrogen-bond acceptors (Lipinski definition) is 6. The van der Waals surface area contributed by atoms with Gasteiger partial charge in [0, 0.05) is 12.8 Å². The molecule has 0 saturated heterocycles. The zero-order valence-corrected chi connectivity index (χ0v) is 32.2. The Morgan fingerprint density at radius 3 is 1.19 bits per heavy atom. The number of phenols is 2. The molecule has 0 radical (unpaired) electrons. The quantitative estimate of drug-likeness (QED) is 0.248. The fourth-order valence-corrected chi connectivity index (χ4v) is 5.78. The molecule has 0 amide bonds. The van der Waals surface area contributed by atoms with E-state index in [-0.39, 0.29) is 58.5 Å². The zero-order chi connectivity index (χ0) is 36.3. The molecule has 0 aliphatic heterocycles. The molecule has 2 rings (SSSR count). The molecule has 0 aliphatic rings. The number of aromatic hydroxyl groups is 2. The van der Waals surface area contributed by atoms with Crippen LogP contribution in [0.15, 0.2) is 24.3 Å². The maximum absolute atomic E-state index is 13.1. The fourth-order valence-electron chi connectivity index (χ4n) is 5.78. The number of rotatable bonds is 10. The summed E-state index contributed by atoms with van der Waals surface area (Å²) in [4.78, 5) is 26.1. The van der Waals surface area contributed by atoms with Crippen LogP contribution in [0.2, 0.25) is 0 Å². The van der Waals surface area contributed by atoms with Gasteiger partial charge in [0.05, 0.1) is 0 Å². The predicted molar refractivity (Wildman–Crippen MR) is 193 cm³/mol. The normalized spacial score (nSPS) is 13.8. The van der Waals surface area contributed by atoms with Crippen LogP contribution in [0.3, 0.4) is 0 Å². The average molecular weight is 653 g/mol. The van der Waals surface area contributed by atoms with Crippen molar-refractivity contribution in [2.75, 3.05) is 6.61 Å². The van der Waals surface area contributed by atoms with Crippen LogP contribution in [0, 0.1) is 5.41 Å². The predicted octanol–water partition coefficient (Wildman–Crippen LogP) is 9.74. The minimum absolute atomic E-state index is 0.000538. The minimum atomic E-state index is -0.560. The molecule has 0 aromatic heterocycles. The van der Waals surface area contributed by atoms with Crippen molar-refractivity contribution in [1.82, 2.24) is 0 Å². The summed E-state index contributed by atoms with van der Waals surface area (Å²) < 4.78 is 11.6. The molecule has 0 spiro atoms. The third kappa shape index (κ3) is 12.2. The molecule has 2 N–H and O–H groups in total. The van der Waals surface area contributed by atoms with Crippen LogP contribution in [0.1, 0.15) is 156 Å². The molecule has 2 aromatic rings. The van der Waals surface area contributed by atoms with E-state index in [1.54, 1.807) is 0 Å². The van der Waals surface area contributed by atoms with Gasteiger partial charge < -0.3 is 19.7 Å². The van der Waals surface area contributed by atoms with Crippen LogP contribution < -0.4 is 0 Å². The van der Waals surface area contributed by atoms with Crippen LogP contribution >= 0.6 is 0 Å². The number of ether oxygens (including phenoxy) is 2. The minimum Gasteiger partial charge on any atom is -0.507 e. The summed E-state index contributed by atoms with van der Waals surface area (Å²) in [6.45, 7) is 31.0. The smallest absolute Gasteiger partial charge is 0.306 e. The van der Waals surface area contributed by atoms with Gasteiger partial charge in [-0.05, 0) is 79.7 Å². The molecule has 1 unspecified atom stereocenters. The molecular formula is C41H64O6. The van der Waals surface area contributed by atoms with Gasteiger partial charge in [0.25, 0.3) is 0 Å². The molecule has 6 heteroatoms. The Morgan fingerprint density at radius 2 is 0.894 bits per heavy atom. The summed E-state index contributed by atoms with van der Waals surface area (Å²) in [5, 5.41) is 22.1. The van der Waals surface area contributed by atoms with Crippen molar-refractivity contribution in [3.63, 3.8) is 0 Å². The topological polar surface area (TPSA) is 93.1 Å². The van der Waals surface area contributed by atoms with Gasteiger partial charge in [-0.3, -0.25) is 9.59 Å². The Bertz CT molecular complexity index is 1330. The van der Waals surface area contributed by atoms with E-state index in [4.69, 9.17) is 9.47 Å². The van der Waals surface area contributed by atoms with Crippen molar-refractivity contribution >= 4 is 11.9 Å². The number of carbonyl (C=O) groups excluding carboxylic acids is 2. The van der Waals surface area contributed by atoms with E-state index < -0.39 is 6.10 Å². The first-order valence-electron chi connectivity index (χ1n) is 17.2. The monoisotopic (exact) mass is 652 g/mol. The number of hydrogen-bond donors (Lipinski definition) is 2. The van der Waals surface area contributed by atoms with Crippen molar-refractivity contribution in [2.45, 2.75) is 164 Å². The maximum atomic E-state index is 13.1. The van der Waals surface area contributed by atoms with E-state index in [9.17, 15) is 19.8 Å². The van der Waals surface area contributed by atoms with Gasteiger partial charge in [0.15, 0.2) is 0 Å². The molecule has 0 heterocycles. The van der Waals surface area contributed by atoms with E-state index in [0.29, 0.717) is 30.8 Å². The van der Waals surface area contributed by atoms with E-state index >= 15 is 0 Å². The molecule has 47 heavy (non-hydrogen) atoms. The second kappa shape index (κ2) is 14.6. The van der Waals surface area contributed by atoms with Crippen molar-refractivity contribution in [3.8, 4) is 11.5 Å². The second-order valence-corrected chi connectivity index (χ2v) is 18.6. The van der Waals surface area contributed by atoms with E-state index in [1.165, 1.54) is 0 Å². The van der Waals surface area contributed by atoms with Crippen molar-refractivity contribution in [2.24, 2.45) is 5.41 Å². The SMILES string of the molecule is CC(C)(C)CC(COC(=O)CCc1cc(C(C)(C)C)c(O)c(C(C)(C)C)c1)OC(=O)CCc1cc(C(C)(C)C)c(O)c(C(C)(C)C)c1. The van der Waals surface area contributed by atoms with Gasteiger partial charge in [-0.15, -0.1) is 0 Å². The summed E-state index contributed by atoms with van der Waals surface area (Å²) in [5.74, 6) is -0.0568. The first-order chi connectivity index (χ1) is 21.1. The Kier molecular flexibility index (Phi) is 12.5. The highest BCUT2D eigenvalue weighted by atomic mass is 16.6. The summed E-state index contributed by atoms with van der Waals surface area (Å²) in [6, 6.07) is 7.97. The molecule has 2 aromatic carbocycles.